The van der Waals surface area contributed by atoms with Crippen LogP contribution in [0.4, 0.5) is 22.7 Å². The van der Waals surface area contributed by atoms with Gasteiger partial charge in [0.1, 0.15) is 0 Å². The van der Waals surface area contributed by atoms with Gasteiger partial charge in [0.25, 0.3) is 11.6 Å². The second kappa shape index (κ2) is 17.7. The molecule has 8 rings (SSSR count). The number of rotatable bonds is 15. The van der Waals surface area contributed by atoms with Crippen molar-refractivity contribution in [2.75, 3.05) is 28.7 Å². The average molecular weight is 847 g/mol. The minimum absolute atomic E-state index is 0.125. The molecule has 8 nitrogen and oxygen atoms in total. The van der Waals surface area contributed by atoms with E-state index in [1.807, 2.05) is 42.5 Å². The van der Waals surface area contributed by atoms with Crippen molar-refractivity contribution in [3.63, 3.8) is 0 Å². The number of nitrogens with one attached hydrogen (secondary N) is 1. The van der Waals surface area contributed by atoms with E-state index in [4.69, 9.17) is 17.0 Å². The number of fused-ring (bicyclic) bond motifs is 3. The summed E-state index contributed by atoms with van der Waals surface area (Å²) >= 11 is 8.37. The Kier molecular flexibility index (Phi) is 12.0. The van der Waals surface area contributed by atoms with E-state index in [-0.39, 0.29) is 22.9 Å². The molecule has 1 unspecified atom stereocenters. The molecule has 0 spiro atoms. The fraction of sp³-hybridized carbons (Fsp3) is 0.157. The summed E-state index contributed by atoms with van der Waals surface area (Å²) in [6.45, 7) is 0.258. The van der Waals surface area contributed by atoms with Crippen LogP contribution in [0.15, 0.2) is 176 Å². The third-order valence-corrected chi connectivity index (χ3v) is 19.5. The van der Waals surface area contributed by atoms with Gasteiger partial charge in [-0.05, 0) is 12.1 Å². The first-order valence-electron chi connectivity index (χ1n) is 20.6. The maximum absolute atomic E-state index is 13.5. The van der Waals surface area contributed by atoms with Crippen LogP contribution in [0, 0.1) is 10.1 Å². The van der Waals surface area contributed by atoms with E-state index in [1.54, 1.807) is 0 Å². The zero-order chi connectivity index (χ0) is 42.4. The van der Waals surface area contributed by atoms with Gasteiger partial charge in [-0.1, -0.05) is 0 Å². The van der Waals surface area contributed by atoms with Gasteiger partial charge < -0.3 is 5.11 Å². The predicted octanol–water partition coefficient (Wildman–Crippen LogP) is 10.7. The van der Waals surface area contributed by atoms with Crippen LogP contribution in [0.2, 0.25) is 0 Å². The average Bonchev–Trinajstić information content (AvgIpc) is 3.30. The summed E-state index contributed by atoms with van der Waals surface area (Å²) in [6, 6.07) is 58.1. The van der Waals surface area contributed by atoms with Crippen molar-refractivity contribution in [3.05, 3.63) is 208 Å². The van der Waals surface area contributed by atoms with Crippen LogP contribution in [0.5, 0.6) is 0 Å². The Labute approximate surface area is 361 Å². The summed E-state index contributed by atoms with van der Waals surface area (Å²) in [6.07, 6.45) is 4.69. The van der Waals surface area contributed by atoms with Crippen LogP contribution in [-0.4, -0.2) is 28.6 Å². The van der Waals surface area contributed by atoms with Crippen LogP contribution in [0.3, 0.4) is 0 Å². The molecular formula is C51H48ClN4O4P. The summed E-state index contributed by atoms with van der Waals surface area (Å²) in [5, 5.41) is 27.8. The number of aliphatic hydroxyl groups is 1. The van der Waals surface area contributed by atoms with Gasteiger partial charge in [0, 0.05) is 11.6 Å². The van der Waals surface area contributed by atoms with Crippen LogP contribution in [-0.2, 0) is 6.61 Å². The molecule has 1 aliphatic heterocycles. The molecule has 0 aromatic heterocycles. The molecule has 0 radical (unpaired) electrons. The van der Waals surface area contributed by atoms with E-state index in [1.165, 1.54) is 34.1 Å². The molecule has 0 aliphatic carbocycles. The Morgan fingerprint density at radius 3 is 1.87 bits per heavy atom. The molecule has 1 aliphatic rings. The molecule has 61 heavy (non-hydrogen) atoms. The molecule has 1 heterocycles. The summed E-state index contributed by atoms with van der Waals surface area (Å²) in [5.41, 5.74) is 13.0. The molecule has 0 saturated carbocycles. The number of carbonyl (C=O) groups excluding carboxylic acids is 1. The number of halogens is 1. The molecule has 1 amide bonds. The quantitative estimate of drug-likeness (QED) is 0.0311. The number of hydrogen-bond donors (Lipinski definition) is 3. The number of aliphatic hydroxyl groups excluding tert-OH is 1. The standard InChI is InChI=1S/C51H48ClN4O4P/c52-61(42-19-9-4-10-20-42,43-21-11-5-12-22-43,44-23-13-6-14-24-44)32-16-2-1-15-31-55-49-34-40(53)27-29-46(49)45-30-28-41(35-47(45)50(55)37-17-7-3-8-18-37)54-51(58)38-25-26-39(36-57)48(33-38)56(59)60/h3-14,17-30,33-35,50,57H,1-2,15-16,31-32,36,53H2,(H,54,58). The first-order chi connectivity index (χ1) is 29.7. The SMILES string of the molecule is Nc1ccc2c(c1)N(CCCCCCP(Cl)(c1ccccc1)(c1ccccc1)c1ccccc1)C(c1ccccc1)c1cc(NC(=O)c3ccc(CO)c([N+](=O)[O-])c3)ccc1-2. The van der Waals surface area contributed by atoms with Gasteiger partial charge >= 0.3 is 291 Å². The topological polar surface area (TPSA) is 122 Å². The van der Waals surface area contributed by atoms with E-state index < -0.39 is 23.4 Å². The summed E-state index contributed by atoms with van der Waals surface area (Å²) in [7, 11) is 0. The van der Waals surface area contributed by atoms with Crippen molar-refractivity contribution in [1.29, 1.82) is 0 Å². The number of amides is 1. The Morgan fingerprint density at radius 1 is 0.705 bits per heavy atom. The molecule has 7 aromatic rings. The number of anilines is 3. The van der Waals surface area contributed by atoms with Crippen molar-refractivity contribution in [2.24, 2.45) is 0 Å². The molecule has 0 fully saturated rings. The Bertz CT molecular complexity index is 2570. The van der Waals surface area contributed by atoms with Crippen molar-refractivity contribution >= 4 is 61.8 Å². The molecule has 4 N–H and O–H groups in total. The first-order valence-corrected chi connectivity index (χ1v) is 24.0. The van der Waals surface area contributed by atoms with E-state index in [9.17, 15) is 20.0 Å². The Balaban J connectivity index is 1.07. The number of nitrogen functional groups attached to an aromatic ring is 1. The minimum atomic E-state index is -3.36. The normalized spacial score (nSPS) is 14.0. The van der Waals surface area contributed by atoms with Crippen molar-refractivity contribution in [3.8, 4) is 11.1 Å². The number of nitro groups is 1. The summed E-state index contributed by atoms with van der Waals surface area (Å²) in [5.74, 6) is -3.84. The van der Waals surface area contributed by atoms with Crippen molar-refractivity contribution in [2.45, 2.75) is 38.3 Å². The molecule has 7 aromatic carbocycles. The predicted molar refractivity (Wildman–Crippen MR) is 253 cm³/mol. The molecule has 308 valence electrons. The van der Waals surface area contributed by atoms with Crippen LogP contribution >= 0.6 is 17.2 Å². The second-order valence-electron chi connectivity index (χ2n) is 15.6. The molecular weight excluding hydrogens is 799 g/mol. The van der Waals surface area contributed by atoms with Crippen LogP contribution in [0.1, 0.15) is 58.8 Å². The van der Waals surface area contributed by atoms with Gasteiger partial charge in [-0.15, -0.1) is 0 Å². The Morgan fingerprint density at radius 2 is 1.28 bits per heavy atom. The van der Waals surface area contributed by atoms with Crippen LogP contribution in [0.25, 0.3) is 11.1 Å². The van der Waals surface area contributed by atoms with Crippen molar-refractivity contribution in [1.82, 2.24) is 0 Å². The number of nitrogens with two attached hydrogens (primary N) is 1. The fourth-order valence-electron chi connectivity index (χ4n) is 8.98. The third-order valence-electron chi connectivity index (χ3n) is 12.0. The zero-order valence-corrected chi connectivity index (χ0v) is 35.4. The third kappa shape index (κ3) is 8.03. The number of nitro benzene ring substituents is 1. The molecule has 0 bridgehead atoms. The monoisotopic (exact) mass is 846 g/mol. The first kappa shape index (κ1) is 41.4. The maximum atomic E-state index is 13.5. The zero-order valence-electron chi connectivity index (χ0n) is 33.7. The number of carbonyl (C=O) groups is 1. The molecule has 1 atom stereocenters. The summed E-state index contributed by atoms with van der Waals surface area (Å²) in [4.78, 5) is 27.1. The van der Waals surface area contributed by atoms with E-state index >= 15 is 0 Å². The van der Waals surface area contributed by atoms with E-state index in [0.29, 0.717) is 11.4 Å². The molecule has 10 heteroatoms. The van der Waals surface area contributed by atoms with Gasteiger partial charge in [-0.25, -0.2) is 0 Å². The van der Waals surface area contributed by atoms with Gasteiger partial charge in [0.15, 0.2) is 0 Å². The van der Waals surface area contributed by atoms with Gasteiger partial charge in [-0.3, -0.25) is 14.9 Å². The fourth-order valence-corrected chi connectivity index (χ4v) is 15.2. The van der Waals surface area contributed by atoms with E-state index in [2.05, 4.69) is 125 Å². The molecule has 0 saturated heterocycles. The number of hydrogen-bond acceptors (Lipinski definition) is 6. The van der Waals surface area contributed by atoms with Gasteiger partial charge in [-0.2, -0.15) is 0 Å². The Hall–Kier alpha value is -6.31. The van der Waals surface area contributed by atoms with Gasteiger partial charge in [0.05, 0.1) is 17.1 Å². The number of unbranched alkanes of at least 4 members (excludes halogenated alkanes) is 3. The number of benzene rings is 7. The van der Waals surface area contributed by atoms with E-state index in [0.717, 1.165) is 66.3 Å². The summed E-state index contributed by atoms with van der Waals surface area (Å²) < 4.78 is 0. The number of nitrogens with zero attached hydrogens (tertiary/aromatic N) is 2. The second-order valence-corrected chi connectivity index (χ2v) is 22.2. The van der Waals surface area contributed by atoms with Gasteiger partial charge in [0.2, 0.25) is 0 Å². The van der Waals surface area contributed by atoms with Crippen LogP contribution < -0.4 is 31.9 Å². The van der Waals surface area contributed by atoms with Crippen molar-refractivity contribution < 1.29 is 14.8 Å².